The molecule has 15 heavy (non-hydrogen) atoms. The predicted molar refractivity (Wildman–Crippen MR) is 64.0 cm³/mol. The fourth-order valence-electron chi connectivity index (χ4n) is 1.68. The van der Waals surface area contributed by atoms with Gasteiger partial charge in [-0.1, -0.05) is 31.2 Å². The zero-order valence-corrected chi connectivity index (χ0v) is 9.50. The van der Waals surface area contributed by atoms with Gasteiger partial charge in [0.1, 0.15) is 5.01 Å². The Labute approximate surface area is 93.8 Å². The minimum atomic E-state index is -0.0823. The molecule has 0 spiro atoms. The number of benzene rings is 1. The standard InChI is InChI=1S/C12H14N2S/c1-2-9-5-3-4-6-10(9)11(13)12-14-7-8-15-12/h3-8,11H,2,13H2,1H3. The number of rotatable bonds is 3. The van der Waals surface area contributed by atoms with Crippen LogP contribution in [0.4, 0.5) is 0 Å². The number of nitrogens with two attached hydrogens (primary N) is 1. The van der Waals surface area contributed by atoms with Gasteiger partial charge in [-0.05, 0) is 17.5 Å². The fraction of sp³-hybridized carbons (Fsp3) is 0.250. The van der Waals surface area contributed by atoms with Gasteiger partial charge < -0.3 is 5.73 Å². The van der Waals surface area contributed by atoms with Gasteiger partial charge in [-0.15, -0.1) is 11.3 Å². The molecule has 1 unspecified atom stereocenters. The molecule has 2 aromatic rings. The van der Waals surface area contributed by atoms with Crippen molar-refractivity contribution in [2.24, 2.45) is 5.73 Å². The molecule has 1 atom stereocenters. The van der Waals surface area contributed by atoms with Crippen molar-refractivity contribution in [3.05, 3.63) is 52.0 Å². The Hall–Kier alpha value is -1.19. The lowest BCUT2D eigenvalue weighted by Crippen LogP contribution is -2.13. The third kappa shape index (κ3) is 2.08. The van der Waals surface area contributed by atoms with Gasteiger partial charge in [-0.25, -0.2) is 4.98 Å². The molecule has 78 valence electrons. The van der Waals surface area contributed by atoms with E-state index in [-0.39, 0.29) is 6.04 Å². The summed E-state index contributed by atoms with van der Waals surface area (Å²) in [4.78, 5) is 4.26. The summed E-state index contributed by atoms with van der Waals surface area (Å²) in [5.41, 5.74) is 8.68. The summed E-state index contributed by atoms with van der Waals surface area (Å²) in [6.45, 7) is 2.15. The first-order valence-electron chi connectivity index (χ1n) is 5.05. The van der Waals surface area contributed by atoms with E-state index in [9.17, 15) is 0 Å². The predicted octanol–water partition coefficient (Wildman–Crippen LogP) is 2.75. The van der Waals surface area contributed by atoms with Gasteiger partial charge in [0.05, 0.1) is 6.04 Å². The Kier molecular flexibility index (Phi) is 3.14. The first-order valence-corrected chi connectivity index (χ1v) is 5.93. The van der Waals surface area contributed by atoms with Crippen molar-refractivity contribution in [2.75, 3.05) is 0 Å². The Balaban J connectivity index is 2.37. The molecule has 0 aliphatic rings. The molecule has 1 heterocycles. The van der Waals surface area contributed by atoms with Crippen LogP contribution < -0.4 is 5.73 Å². The molecular formula is C12H14N2S. The van der Waals surface area contributed by atoms with E-state index in [4.69, 9.17) is 5.73 Å². The van der Waals surface area contributed by atoms with E-state index in [2.05, 4.69) is 30.1 Å². The van der Waals surface area contributed by atoms with Crippen LogP contribution in [0.3, 0.4) is 0 Å². The SMILES string of the molecule is CCc1ccccc1C(N)c1nccs1. The van der Waals surface area contributed by atoms with Crippen molar-refractivity contribution in [1.82, 2.24) is 4.98 Å². The van der Waals surface area contributed by atoms with Crippen LogP contribution in [-0.2, 0) is 6.42 Å². The monoisotopic (exact) mass is 218 g/mol. The number of aromatic nitrogens is 1. The second-order valence-corrected chi connectivity index (χ2v) is 4.33. The van der Waals surface area contributed by atoms with Gasteiger partial charge in [0, 0.05) is 11.6 Å². The third-order valence-electron chi connectivity index (χ3n) is 2.49. The van der Waals surface area contributed by atoms with Gasteiger partial charge in [0.2, 0.25) is 0 Å². The summed E-state index contributed by atoms with van der Waals surface area (Å²) in [6, 6.07) is 8.22. The second kappa shape index (κ2) is 4.55. The van der Waals surface area contributed by atoms with Crippen molar-refractivity contribution in [3.63, 3.8) is 0 Å². The van der Waals surface area contributed by atoms with Gasteiger partial charge in [-0.3, -0.25) is 0 Å². The van der Waals surface area contributed by atoms with Gasteiger partial charge in [0.15, 0.2) is 0 Å². The van der Waals surface area contributed by atoms with Crippen LogP contribution >= 0.6 is 11.3 Å². The van der Waals surface area contributed by atoms with E-state index >= 15 is 0 Å². The molecule has 2 nitrogen and oxygen atoms in total. The molecule has 0 radical (unpaired) electrons. The van der Waals surface area contributed by atoms with E-state index in [0.29, 0.717) is 0 Å². The zero-order valence-electron chi connectivity index (χ0n) is 8.68. The molecule has 1 aromatic heterocycles. The maximum absolute atomic E-state index is 6.19. The smallest absolute Gasteiger partial charge is 0.114 e. The minimum Gasteiger partial charge on any atom is -0.318 e. The van der Waals surface area contributed by atoms with Crippen LogP contribution in [0.15, 0.2) is 35.8 Å². The highest BCUT2D eigenvalue weighted by Crippen LogP contribution is 2.24. The molecule has 2 rings (SSSR count). The van der Waals surface area contributed by atoms with Gasteiger partial charge >= 0.3 is 0 Å². The number of nitrogens with zero attached hydrogens (tertiary/aromatic N) is 1. The number of hydrogen-bond donors (Lipinski definition) is 1. The average Bonchev–Trinajstić information content (AvgIpc) is 2.81. The first-order chi connectivity index (χ1) is 7.33. The molecule has 0 aliphatic heterocycles. The molecular weight excluding hydrogens is 204 g/mol. The quantitative estimate of drug-likeness (QED) is 0.860. The third-order valence-corrected chi connectivity index (χ3v) is 3.35. The highest BCUT2D eigenvalue weighted by molar-refractivity contribution is 7.09. The topological polar surface area (TPSA) is 38.9 Å². The van der Waals surface area contributed by atoms with Crippen LogP contribution in [0.1, 0.15) is 29.1 Å². The Morgan fingerprint density at radius 2 is 2.20 bits per heavy atom. The summed E-state index contributed by atoms with van der Waals surface area (Å²) in [6.07, 6.45) is 2.81. The Bertz CT molecular complexity index is 423. The second-order valence-electron chi connectivity index (χ2n) is 3.40. The van der Waals surface area contributed by atoms with E-state index < -0.39 is 0 Å². The average molecular weight is 218 g/mol. The molecule has 0 saturated carbocycles. The number of hydrogen-bond acceptors (Lipinski definition) is 3. The van der Waals surface area contributed by atoms with Crippen LogP contribution in [0.25, 0.3) is 0 Å². The molecule has 0 amide bonds. The Morgan fingerprint density at radius 1 is 1.40 bits per heavy atom. The van der Waals surface area contributed by atoms with Crippen LogP contribution in [0.5, 0.6) is 0 Å². The molecule has 0 aliphatic carbocycles. The van der Waals surface area contributed by atoms with Crippen LogP contribution in [0, 0.1) is 0 Å². The Morgan fingerprint density at radius 3 is 2.87 bits per heavy atom. The van der Waals surface area contributed by atoms with Crippen molar-refractivity contribution in [3.8, 4) is 0 Å². The lowest BCUT2D eigenvalue weighted by atomic mass is 10.00. The molecule has 2 N–H and O–H groups in total. The van der Waals surface area contributed by atoms with Crippen molar-refractivity contribution < 1.29 is 0 Å². The largest absolute Gasteiger partial charge is 0.318 e. The molecule has 0 bridgehead atoms. The summed E-state index contributed by atoms with van der Waals surface area (Å²) in [7, 11) is 0. The number of thiazole rings is 1. The fourth-order valence-corrected chi connectivity index (χ4v) is 2.34. The molecule has 0 saturated heterocycles. The lowest BCUT2D eigenvalue weighted by Gasteiger charge is -2.13. The summed E-state index contributed by atoms with van der Waals surface area (Å²) < 4.78 is 0. The van der Waals surface area contributed by atoms with Gasteiger partial charge in [-0.2, -0.15) is 0 Å². The highest BCUT2D eigenvalue weighted by Gasteiger charge is 2.13. The van der Waals surface area contributed by atoms with Crippen LogP contribution in [0.2, 0.25) is 0 Å². The molecule has 1 aromatic carbocycles. The van der Waals surface area contributed by atoms with E-state index in [1.807, 2.05) is 11.4 Å². The first kappa shape index (κ1) is 10.3. The van der Waals surface area contributed by atoms with Crippen molar-refractivity contribution >= 4 is 11.3 Å². The minimum absolute atomic E-state index is 0.0823. The molecule has 0 fully saturated rings. The summed E-state index contributed by atoms with van der Waals surface area (Å²) >= 11 is 1.61. The number of aryl methyl sites for hydroxylation is 1. The summed E-state index contributed by atoms with van der Waals surface area (Å²) in [5, 5.41) is 2.94. The van der Waals surface area contributed by atoms with Crippen molar-refractivity contribution in [2.45, 2.75) is 19.4 Å². The van der Waals surface area contributed by atoms with Crippen LogP contribution in [-0.4, -0.2) is 4.98 Å². The maximum atomic E-state index is 6.19. The zero-order chi connectivity index (χ0) is 10.7. The van der Waals surface area contributed by atoms with Gasteiger partial charge in [0.25, 0.3) is 0 Å². The highest BCUT2D eigenvalue weighted by atomic mass is 32.1. The van der Waals surface area contributed by atoms with E-state index in [1.165, 1.54) is 11.1 Å². The summed E-state index contributed by atoms with van der Waals surface area (Å²) in [5.74, 6) is 0. The normalized spacial score (nSPS) is 12.7. The lowest BCUT2D eigenvalue weighted by molar-refractivity contribution is 0.838. The van der Waals surface area contributed by atoms with E-state index in [0.717, 1.165) is 11.4 Å². The van der Waals surface area contributed by atoms with E-state index in [1.54, 1.807) is 17.5 Å². The molecule has 3 heteroatoms. The maximum Gasteiger partial charge on any atom is 0.114 e. The van der Waals surface area contributed by atoms with Crippen molar-refractivity contribution in [1.29, 1.82) is 0 Å².